The average Bonchev–Trinajstić information content (AvgIpc) is 2.91. The molecule has 0 radical (unpaired) electrons. The molecule has 0 saturated heterocycles. The zero-order valence-electron chi connectivity index (χ0n) is 12.5. The Balaban J connectivity index is 1.99. The highest BCUT2D eigenvalue weighted by Crippen LogP contribution is 2.13. The van der Waals surface area contributed by atoms with Gasteiger partial charge >= 0.3 is 0 Å². The molecule has 6 heteroatoms. The van der Waals surface area contributed by atoms with Gasteiger partial charge in [-0.2, -0.15) is 5.10 Å². The minimum Gasteiger partial charge on any atom is -0.354 e. The van der Waals surface area contributed by atoms with E-state index in [-0.39, 0.29) is 18.4 Å². The van der Waals surface area contributed by atoms with Crippen LogP contribution in [-0.4, -0.2) is 47.0 Å². The van der Waals surface area contributed by atoms with Gasteiger partial charge in [-0.25, -0.2) is 0 Å². The third-order valence-electron chi connectivity index (χ3n) is 3.12. The number of benzene rings is 1. The maximum absolute atomic E-state index is 12.3. The lowest BCUT2D eigenvalue weighted by molar-refractivity contribution is -0.121. The number of nitrogens with zero attached hydrogens (tertiary/aromatic N) is 2. The van der Waals surface area contributed by atoms with Gasteiger partial charge in [-0.3, -0.25) is 14.7 Å². The van der Waals surface area contributed by atoms with Crippen LogP contribution in [0, 0.1) is 5.92 Å². The lowest BCUT2D eigenvalue weighted by Crippen LogP contribution is -2.39. The molecule has 2 amide bonds. The van der Waals surface area contributed by atoms with Gasteiger partial charge in [-0.1, -0.05) is 19.9 Å². The van der Waals surface area contributed by atoms with E-state index in [1.807, 2.05) is 19.9 Å². The van der Waals surface area contributed by atoms with Gasteiger partial charge < -0.3 is 10.2 Å². The second-order valence-corrected chi connectivity index (χ2v) is 5.53. The molecule has 0 unspecified atom stereocenters. The van der Waals surface area contributed by atoms with E-state index in [4.69, 9.17) is 0 Å². The first-order valence-corrected chi connectivity index (χ1v) is 6.92. The Labute approximate surface area is 123 Å². The highest BCUT2D eigenvalue weighted by molar-refractivity contribution is 5.99. The summed E-state index contributed by atoms with van der Waals surface area (Å²) in [5, 5.41) is 10.5. The third-order valence-corrected chi connectivity index (χ3v) is 3.12. The molecule has 1 heterocycles. The lowest BCUT2D eigenvalue weighted by Gasteiger charge is -2.17. The molecular weight excluding hydrogens is 268 g/mol. The molecule has 6 nitrogen and oxygen atoms in total. The lowest BCUT2D eigenvalue weighted by atomic mass is 10.1. The maximum atomic E-state index is 12.3. The van der Waals surface area contributed by atoms with Crippen LogP contribution in [0.5, 0.6) is 0 Å². The second-order valence-electron chi connectivity index (χ2n) is 5.53. The van der Waals surface area contributed by atoms with Crippen molar-refractivity contribution in [2.75, 3.05) is 20.1 Å². The first-order valence-electron chi connectivity index (χ1n) is 6.92. The van der Waals surface area contributed by atoms with E-state index in [2.05, 4.69) is 15.5 Å². The molecule has 1 aromatic carbocycles. The summed E-state index contributed by atoms with van der Waals surface area (Å²) < 4.78 is 0. The number of likely N-dealkylation sites (N-methyl/N-ethyl adjacent to an activating group) is 1. The first kappa shape index (κ1) is 15.0. The Bertz CT molecular complexity index is 648. The number of fused-ring (bicyclic) bond motifs is 1. The Morgan fingerprint density at radius 1 is 1.38 bits per heavy atom. The fourth-order valence-electron chi connectivity index (χ4n) is 1.95. The number of rotatable bonds is 5. The maximum Gasteiger partial charge on any atom is 0.254 e. The van der Waals surface area contributed by atoms with Crippen molar-refractivity contribution in [3.63, 3.8) is 0 Å². The smallest absolute Gasteiger partial charge is 0.254 e. The molecule has 0 spiro atoms. The molecule has 2 aromatic rings. The average molecular weight is 288 g/mol. The van der Waals surface area contributed by atoms with E-state index in [1.54, 1.807) is 25.4 Å². The molecule has 0 aliphatic heterocycles. The van der Waals surface area contributed by atoms with Crippen molar-refractivity contribution in [1.29, 1.82) is 0 Å². The van der Waals surface area contributed by atoms with Crippen LogP contribution < -0.4 is 5.32 Å². The number of hydrogen-bond acceptors (Lipinski definition) is 3. The molecule has 112 valence electrons. The molecule has 1 aromatic heterocycles. The quantitative estimate of drug-likeness (QED) is 0.873. The van der Waals surface area contributed by atoms with E-state index >= 15 is 0 Å². The Kier molecular flexibility index (Phi) is 4.57. The third kappa shape index (κ3) is 3.81. The number of carbonyl (C=O) groups excluding carboxylic acids is 2. The van der Waals surface area contributed by atoms with Crippen LogP contribution in [-0.2, 0) is 4.79 Å². The summed E-state index contributed by atoms with van der Waals surface area (Å²) in [5.74, 6) is 0.0473. The van der Waals surface area contributed by atoms with Crippen molar-refractivity contribution in [2.24, 2.45) is 5.92 Å². The minimum atomic E-state index is -0.189. The van der Waals surface area contributed by atoms with Crippen molar-refractivity contribution < 1.29 is 9.59 Å². The van der Waals surface area contributed by atoms with Gasteiger partial charge in [0.1, 0.15) is 0 Å². The van der Waals surface area contributed by atoms with E-state index in [0.29, 0.717) is 18.0 Å². The zero-order valence-corrected chi connectivity index (χ0v) is 12.5. The van der Waals surface area contributed by atoms with Crippen LogP contribution in [0.2, 0.25) is 0 Å². The zero-order chi connectivity index (χ0) is 15.4. The molecule has 0 fully saturated rings. The first-order chi connectivity index (χ1) is 9.97. The van der Waals surface area contributed by atoms with E-state index in [1.165, 1.54) is 4.90 Å². The van der Waals surface area contributed by atoms with Gasteiger partial charge in [-0.05, 0) is 18.1 Å². The van der Waals surface area contributed by atoms with Gasteiger partial charge in [0.15, 0.2) is 0 Å². The molecular formula is C15H20N4O2. The van der Waals surface area contributed by atoms with Crippen molar-refractivity contribution >= 4 is 22.7 Å². The predicted molar refractivity (Wildman–Crippen MR) is 80.9 cm³/mol. The van der Waals surface area contributed by atoms with Gasteiger partial charge in [0.2, 0.25) is 5.91 Å². The topological polar surface area (TPSA) is 78.1 Å². The molecule has 2 rings (SSSR count). The molecule has 2 N–H and O–H groups in total. The van der Waals surface area contributed by atoms with Crippen molar-refractivity contribution in [3.8, 4) is 0 Å². The van der Waals surface area contributed by atoms with Crippen LogP contribution in [0.3, 0.4) is 0 Å². The summed E-state index contributed by atoms with van der Waals surface area (Å²) >= 11 is 0. The number of amides is 2. The fourth-order valence-corrected chi connectivity index (χ4v) is 1.95. The van der Waals surface area contributed by atoms with E-state index in [9.17, 15) is 9.59 Å². The Hall–Kier alpha value is -2.37. The molecule has 0 bridgehead atoms. The molecule has 0 aliphatic rings. The summed E-state index contributed by atoms with van der Waals surface area (Å²) in [6, 6.07) is 5.31. The normalized spacial score (nSPS) is 10.9. The number of nitrogens with one attached hydrogen (secondary N) is 2. The predicted octanol–water partition coefficient (Wildman–Crippen LogP) is 1.41. The van der Waals surface area contributed by atoms with Crippen molar-refractivity contribution in [3.05, 3.63) is 30.0 Å². The number of aromatic nitrogens is 2. The highest BCUT2D eigenvalue weighted by atomic mass is 16.2. The number of aromatic amines is 1. The van der Waals surface area contributed by atoms with Crippen LogP contribution in [0.4, 0.5) is 0 Å². The molecule has 21 heavy (non-hydrogen) atoms. The van der Waals surface area contributed by atoms with Gasteiger partial charge in [0.25, 0.3) is 5.91 Å². The summed E-state index contributed by atoms with van der Waals surface area (Å²) in [5.41, 5.74) is 1.34. The highest BCUT2D eigenvalue weighted by Gasteiger charge is 2.15. The van der Waals surface area contributed by atoms with Crippen LogP contribution >= 0.6 is 0 Å². The molecule has 0 saturated carbocycles. The summed E-state index contributed by atoms with van der Waals surface area (Å²) in [4.78, 5) is 25.4. The monoisotopic (exact) mass is 288 g/mol. The number of hydrogen-bond donors (Lipinski definition) is 2. The van der Waals surface area contributed by atoms with Crippen molar-refractivity contribution in [2.45, 2.75) is 13.8 Å². The number of carbonyl (C=O) groups is 2. The van der Waals surface area contributed by atoms with Crippen LogP contribution in [0.15, 0.2) is 24.4 Å². The number of H-pyrrole nitrogens is 1. The minimum absolute atomic E-state index is 0.0482. The van der Waals surface area contributed by atoms with Crippen LogP contribution in [0.1, 0.15) is 24.2 Å². The Morgan fingerprint density at radius 3 is 2.86 bits per heavy atom. The molecule has 0 atom stereocenters. The second kappa shape index (κ2) is 6.39. The standard InChI is InChI=1S/C15H20N4O2/c1-10(2)7-16-14(20)9-19(3)15(21)11-4-5-12-8-17-18-13(12)6-11/h4-6,8,10H,7,9H2,1-3H3,(H,16,20)(H,17,18). The van der Waals surface area contributed by atoms with Gasteiger partial charge in [-0.15, -0.1) is 0 Å². The summed E-state index contributed by atoms with van der Waals surface area (Å²) in [7, 11) is 1.62. The van der Waals surface area contributed by atoms with Gasteiger partial charge in [0, 0.05) is 24.5 Å². The van der Waals surface area contributed by atoms with Crippen LogP contribution in [0.25, 0.3) is 10.9 Å². The fraction of sp³-hybridized carbons (Fsp3) is 0.400. The van der Waals surface area contributed by atoms with E-state index < -0.39 is 0 Å². The molecule has 0 aliphatic carbocycles. The largest absolute Gasteiger partial charge is 0.354 e. The van der Waals surface area contributed by atoms with E-state index in [0.717, 1.165) is 10.9 Å². The SMILES string of the molecule is CC(C)CNC(=O)CN(C)C(=O)c1ccc2cn[nH]c2c1. The summed E-state index contributed by atoms with van der Waals surface area (Å²) in [6.07, 6.45) is 1.70. The van der Waals surface area contributed by atoms with Crippen molar-refractivity contribution in [1.82, 2.24) is 20.4 Å². The Morgan fingerprint density at radius 2 is 2.14 bits per heavy atom. The van der Waals surface area contributed by atoms with Gasteiger partial charge in [0.05, 0.1) is 18.3 Å². The summed E-state index contributed by atoms with van der Waals surface area (Å²) in [6.45, 7) is 4.71.